The van der Waals surface area contributed by atoms with Crippen molar-refractivity contribution in [3.8, 4) is 0 Å². The topological polar surface area (TPSA) is 40.5 Å². The highest BCUT2D eigenvalue weighted by atomic mass is 16.4. The van der Waals surface area contributed by atoms with Crippen molar-refractivity contribution in [2.75, 3.05) is 6.54 Å². The summed E-state index contributed by atoms with van der Waals surface area (Å²) in [6, 6.07) is 6.29. The van der Waals surface area contributed by atoms with Gasteiger partial charge in [-0.15, -0.1) is 0 Å². The van der Waals surface area contributed by atoms with E-state index in [1.54, 1.807) is 6.07 Å². The van der Waals surface area contributed by atoms with Crippen molar-refractivity contribution < 1.29 is 9.90 Å². The van der Waals surface area contributed by atoms with Gasteiger partial charge in [-0.2, -0.15) is 0 Å². The van der Waals surface area contributed by atoms with Crippen molar-refractivity contribution >= 4 is 5.97 Å². The Labute approximate surface area is 127 Å². The number of carboxylic acid groups (broad SMARTS) is 1. The smallest absolute Gasteiger partial charge is 0.335 e. The summed E-state index contributed by atoms with van der Waals surface area (Å²) in [7, 11) is 0. The first-order chi connectivity index (χ1) is 10.0. The Morgan fingerprint density at radius 2 is 1.86 bits per heavy atom. The second kappa shape index (κ2) is 5.80. The van der Waals surface area contributed by atoms with Gasteiger partial charge in [-0.1, -0.05) is 19.9 Å². The molecule has 3 heteroatoms. The SMILES string of the molecule is CC1CC(C)CC(N2CCc3ccc(C(=O)O)cc3C2)C1. The van der Waals surface area contributed by atoms with Crippen LogP contribution in [0.15, 0.2) is 18.2 Å². The molecular formula is C18H25NO2. The van der Waals surface area contributed by atoms with Gasteiger partial charge in [0.05, 0.1) is 5.56 Å². The minimum Gasteiger partial charge on any atom is -0.478 e. The number of hydrogen-bond acceptors (Lipinski definition) is 2. The van der Waals surface area contributed by atoms with Gasteiger partial charge in [0.15, 0.2) is 0 Å². The number of hydrogen-bond donors (Lipinski definition) is 1. The molecule has 1 aliphatic heterocycles. The van der Waals surface area contributed by atoms with Crippen LogP contribution < -0.4 is 0 Å². The largest absolute Gasteiger partial charge is 0.478 e. The van der Waals surface area contributed by atoms with Crippen LogP contribution in [0, 0.1) is 11.8 Å². The van der Waals surface area contributed by atoms with Crippen molar-refractivity contribution in [1.82, 2.24) is 4.90 Å². The van der Waals surface area contributed by atoms with Gasteiger partial charge < -0.3 is 5.11 Å². The molecular weight excluding hydrogens is 262 g/mol. The molecule has 1 heterocycles. The normalized spacial score (nSPS) is 29.9. The van der Waals surface area contributed by atoms with Crippen LogP contribution in [0.4, 0.5) is 0 Å². The predicted molar refractivity (Wildman–Crippen MR) is 83.5 cm³/mol. The van der Waals surface area contributed by atoms with Gasteiger partial charge in [0.25, 0.3) is 0 Å². The summed E-state index contributed by atoms with van der Waals surface area (Å²) < 4.78 is 0. The molecule has 114 valence electrons. The lowest BCUT2D eigenvalue weighted by Gasteiger charge is -2.41. The molecule has 0 saturated heterocycles. The average molecular weight is 287 g/mol. The van der Waals surface area contributed by atoms with Crippen LogP contribution in [-0.4, -0.2) is 28.6 Å². The molecule has 0 spiro atoms. The highest BCUT2D eigenvalue weighted by Crippen LogP contribution is 2.34. The summed E-state index contributed by atoms with van der Waals surface area (Å²) in [5, 5.41) is 9.16. The number of nitrogens with zero attached hydrogens (tertiary/aromatic N) is 1. The quantitative estimate of drug-likeness (QED) is 0.904. The van der Waals surface area contributed by atoms with Crippen molar-refractivity contribution in [1.29, 1.82) is 0 Å². The molecule has 0 bridgehead atoms. The van der Waals surface area contributed by atoms with E-state index >= 15 is 0 Å². The summed E-state index contributed by atoms with van der Waals surface area (Å²) >= 11 is 0. The van der Waals surface area contributed by atoms with Gasteiger partial charge in [-0.3, -0.25) is 4.90 Å². The maximum absolute atomic E-state index is 11.1. The second-order valence-corrected chi connectivity index (χ2v) is 7.08. The Morgan fingerprint density at radius 1 is 1.14 bits per heavy atom. The number of carboxylic acids is 1. The third-order valence-corrected chi connectivity index (χ3v) is 5.17. The molecule has 0 amide bonds. The van der Waals surface area contributed by atoms with Crippen LogP contribution >= 0.6 is 0 Å². The maximum atomic E-state index is 11.1. The molecule has 1 aromatic carbocycles. The van der Waals surface area contributed by atoms with Gasteiger partial charge >= 0.3 is 5.97 Å². The number of rotatable bonds is 2. The molecule has 1 N–H and O–H groups in total. The summed E-state index contributed by atoms with van der Waals surface area (Å²) in [6.07, 6.45) is 4.98. The third-order valence-electron chi connectivity index (χ3n) is 5.17. The van der Waals surface area contributed by atoms with Crippen LogP contribution in [0.1, 0.15) is 54.6 Å². The van der Waals surface area contributed by atoms with E-state index in [-0.39, 0.29) is 0 Å². The molecule has 3 rings (SSSR count). The molecule has 3 nitrogen and oxygen atoms in total. The molecule has 2 aliphatic rings. The molecule has 1 aliphatic carbocycles. The highest BCUT2D eigenvalue weighted by molar-refractivity contribution is 5.87. The number of aromatic carboxylic acids is 1. The van der Waals surface area contributed by atoms with Crippen LogP contribution in [0.5, 0.6) is 0 Å². The van der Waals surface area contributed by atoms with Crippen molar-refractivity contribution in [3.63, 3.8) is 0 Å². The van der Waals surface area contributed by atoms with Crippen molar-refractivity contribution in [2.24, 2.45) is 11.8 Å². The number of benzene rings is 1. The maximum Gasteiger partial charge on any atom is 0.335 e. The van der Waals surface area contributed by atoms with Crippen molar-refractivity contribution in [3.05, 3.63) is 34.9 Å². The molecule has 1 saturated carbocycles. The molecule has 2 atom stereocenters. The zero-order valence-electron chi connectivity index (χ0n) is 13.0. The lowest BCUT2D eigenvalue weighted by atomic mass is 9.79. The Morgan fingerprint density at radius 3 is 2.52 bits per heavy atom. The second-order valence-electron chi connectivity index (χ2n) is 7.08. The predicted octanol–water partition coefficient (Wildman–Crippen LogP) is 3.57. The van der Waals surface area contributed by atoms with Crippen LogP contribution in [0.3, 0.4) is 0 Å². The fourth-order valence-corrected chi connectivity index (χ4v) is 4.23. The van der Waals surface area contributed by atoms with Gasteiger partial charge in [0.2, 0.25) is 0 Å². The van der Waals surface area contributed by atoms with Gasteiger partial charge in [-0.25, -0.2) is 4.79 Å². The molecule has 1 aromatic rings. The summed E-state index contributed by atoms with van der Waals surface area (Å²) in [5.41, 5.74) is 2.96. The number of carbonyl (C=O) groups is 1. The zero-order valence-corrected chi connectivity index (χ0v) is 13.0. The average Bonchev–Trinajstić information content (AvgIpc) is 2.45. The van der Waals surface area contributed by atoms with Gasteiger partial charge in [0, 0.05) is 19.1 Å². The fraction of sp³-hybridized carbons (Fsp3) is 0.611. The molecule has 1 fully saturated rings. The summed E-state index contributed by atoms with van der Waals surface area (Å²) in [4.78, 5) is 13.7. The first kappa shape index (κ1) is 14.6. The minimum atomic E-state index is -0.824. The van der Waals surface area contributed by atoms with Crippen LogP contribution in [-0.2, 0) is 13.0 Å². The summed E-state index contributed by atoms with van der Waals surface area (Å²) in [6.45, 7) is 6.76. The first-order valence-corrected chi connectivity index (χ1v) is 8.12. The van der Waals surface area contributed by atoms with E-state index in [1.807, 2.05) is 12.1 Å². The van der Waals surface area contributed by atoms with Gasteiger partial charge in [0.1, 0.15) is 0 Å². The standard InChI is InChI=1S/C18H25NO2/c1-12-7-13(2)9-17(8-12)19-6-5-14-3-4-15(18(20)21)10-16(14)11-19/h3-4,10,12-13,17H,5-9,11H2,1-2H3,(H,20,21). The Balaban J connectivity index is 1.77. The molecule has 0 aromatic heterocycles. The van der Waals surface area contributed by atoms with E-state index < -0.39 is 5.97 Å². The van der Waals surface area contributed by atoms with E-state index in [0.29, 0.717) is 11.6 Å². The zero-order chi connectivity index (χ0) is 15.0. The van der Waals surface area contributed by atoms with Crippen molar-refractivity contribution in [2.45, 2.75) is 52.1 Å². The third kappa shape index (κ3) is 3.13. The van der Waals surface area contributed by atoms with E-state index in [0.717, 1.165) is 31.3 Å². The Bertz CT molecular complexity index is 530. The molecule has 0 radical (unpaired) electrons. The Kier molecular flexibility index (Phi) is 4.03. The van der Waals surface area contributed by atoms with E-state index in [1.165, 1.54) is 30.4 Å². The van der Waals surface area contributed by atoms with E-state index in [4.69, 9.17) is 5.11 Å². The molecule has 21 heavy (non-hydrogen) atoms. The van der Waals surface area contributed by atoms with Crippen LogP contribution in [0.2, 0.25) is 0 Å². The minimum absolute atomic E-state index is 0.418. The lowest BCUT2D eigenvalue weighted by molar-refractivity contribution is 0.0696. The van der Waals surface area contributed by atoms with Gasteiger partial charge in [-0.05, 0) is 60.8 Å². The molecule has 2 unspecified atom stereocenters. The van der Waals surface area contributed by atoms with Crippen LogP contribution in [0.25, 0.3) is 0 Å². The van der Waals surface area contributed by atoms with E-state index in [9.17, 15) is 4.79 Å². The fourth-order valence-electron chi connectivity index (χ4n) is 4.23. The Hall–Kier alpha value is -1.35. The lowest BCUT2D eigenvalue weighted by Crippen LogP contribution is -2.43. The van der Waals surface area contributed by atoms with E-state index in [2.05, 4.69) is 18.7 Å². The number of fused-ring (bicyclic) bond motifs is 1. The monoisotopic (exact) mass is 287 g/mol. The first-order valence-electron chi connectivity index (χ1n) is 8.12. The summed E-state index contributed by atoms with van der Waals surface area (Å²) in [5.74, 6) is 0.797. The highest BCUT2D eigenvalue weighted by Gasteiger charge is 2.30.